The number of nitrogens with zero attached hydrogens (tertiary/aromatic N) is 2. The number of rotatable bonds is 6. The van der Waals surface area contributed by atoms with Crippen LogP contribution in [-0.2, 0) is 16.1 Å². The average Bonchev–Trinajstić information content (AvgIpc) is 2.59. The molecule has 2 amide bonds. The van der Waals surface area contributed by atoms with Gasteiger partial charge in [-0.25, -0.2) is 4.79 Å². The Morgan fingerprint density at radius 2 is 1.88 bits per heavy atom. The summed E-state index contributed by atoms with van der Waals surface area (Å²) in [5.41, 5.74) is 2.47. The van der Waals surface area contributed by atoms with E-state index in [4.69, 9.17) is 4.74 Å². The molecule has 0 bridgehead atoms. The van der Waals surface area contributed by atoms with Crippen molar-refractivity contribution in [2.24, 2.45) is 0 Å². The van der Waals surface area contributed by atoms with E-state index in [1.165, 1.54) is 11.1 Å². The topological polar surface area (TPSA) is 61.9 Å². The van der Waals surface area contributed by atoms with Crippen LogP contribution in [0.3, 0.4) is 0 Å². The minimum Gasteiger partial charge on any atom is -0.450 e. The number of carbonyl (C=O) groups excluding carboxylic acids is 2. The van der Waals surface area contributed by atoms with E-state index >= 15 is 0 Å². The fourth-order valence-electron chi connectivity index (χ4n) is 2.76. The fraction of sp³-hybridized carbons (Fsp3) is 0.556. The predicted molar refractivity (Wildman–Crippen MR) is 92.7 cm³/mol. The van der Waals surface area contributed by atoms with Crippen LogP contribution < -0.4 is 5.32 Å². The standard InChI is InChI=1S/C18H27N3O3/c1-3-24-18(23)21-11-9-20(10-12-21)17(22)7-8-19-14-16-6-4-5-15(2)13-16/h4-6,13,19H,3,7-12,14H2,1-2H3. The first-order chi connectivity index (χ1) is 11.6. The molecule has 0 unspecified atom stereocenters. The van der Waals surface area contributed by atoms with E-state index in [2.05, 4.69) is 30.4 Å². The van der Waals surface area contributed by atoms with Crippen LogP contribution in [0.15, 0.2) is 24.3 Å². The quantitative estimate of drug-likeness (QED) is 0.806. The number of aryl methyl sites for hydroxylation is 1. The number of nitrogens with one attached hydrogen (secondary N) is 1. The van der Waals surface area contributed by atoms with Gasteiger partial charge in [0.15, 0.2) is 0 Å². The number of ether oxygens (including phenoxy) is 1. The molecule has 0 spiro atoms. The number of hydrogen-bond donors (Lipinski definition) is 1. The Morgan fingerprint density at radius 3 is 2.54 bits per heavy atom. The molecule has 0 radical (unpaired) electrons. The molecule has 0 aliphatic carbocycles. The molecule has 1 fully saturated rings. The fourth-order valence-corrected chi connectivity index (χ4v) is 2.76. The van der Waals surface area contributed by atoms with E-state index in [9.17, 15) is 9.59 Å². The van der Waals surface area contributed by atoms with Crippen molar-refractivity contribution in [1.82, 2.24) is 15.1 Å². The lowest BCUT2D eigenvalue weighted by molar-refractivity contribution is -0.132. The summed E-state index contributed by atoms with van der Waals surface area (Å²) in [7, 11) is 0. The number of benzene rings is 1. The van der Waals surface area contributed by atoms with Crippen LogP contribution in [-0.4, -0.2) is 61.1 Å². The monoisotopic (exact) mass is 333 g/mol. The first-order valence-electron chi connectivity index (χ1n) is 8.56. The first-order valence-corrected chi connectivity index (χ1v) is 8.56. The van der Waals surface area contributed by atoms with Gasteiger partial charge in [-0.15, -0.1) is 0 Å². The summed E-state index contributed by atoms with van der Waals surface area (Å²) in [6.45, 7) is 7.92. The molecule has 0 saturated carbocycles. The summed E-state index contributed by atoms with van der Waals surface area (Å²) in [4.78, 5) is 27.3. The van der Waals surface area contributed by atoms with Gasteiger partial charge in [0, 0.05) is 45.7 Å². The van der Waals surface area contributed by atoms with Crippen LogP contribution in [0.5, 0.6) is 0 Å². The second-order valence-electron chi connectivity index (χ2n) is 5.98. The molecule has 132 valence electrons. The third-order valence-electron chi connectivity index (χ3n) is 4.09. The minimum atomic E-state index is -0.288. The van der Waals surface area contributed by atoms with Crippen molar-refractivity contribution in [2.45, 2.75) is 26.8 Å². The Hall–Kier alpha value is -2.08. The maximum atomic E-state index is 12.2. The Bertz CT molecular complexity index is 554. The Balaban J connectivity index is 1.64. The summed E-state index contributed by atoms with van der Waals surface area (Å²) >= 11 is 0. The summed E-state index contributed by atoms with van der Waals surface area (Å²) in [5, 5.41) is 3.31. The molecular formula is C18H27N3O3. The van der Waals surface area contributed by atoms with Crippen molar-refractivity contribution < 1.29 is 14.3 Å². The Morgan fingerprint density at radius 1 is 1.17 bits per heavy atom. The molecule has 1 aliphatic heterocycles. The number of piperazine rings is 1. The Labute approximate surface area is 143 Å². The van der Waals surface area contributed by atoms with E-state index in [-0.39, 0.29) is 12.0 Å². The molecule has 24 heavy (non-hydrogen) atoms. The van der Waals surface area contributed by atoms with Crippen molar-refractivity contribution in [3.05, 3.63) is 35.4 Å². The summed E-state index contributed by atoms with van der Waals surface area (Å²) < 4.78 is 4.98. The molecule has 2 rings (SSSR count). The highest BCUT2D eigenvalue weighted by molar-refractivity contribution is 5.77. The molecule has 1 aliphatic rings. The number of carbonyl (C=O) groups is 2. The zero-order valence-electron chi connectivity index (χ0n) is 14.6. The molecule has 1 aromatic rings. The van der Waals surface area contributed by atoms with E-state index in [0.29, 0.717) is 45.8 Å². The van der Waals surface area contributed by atoms with E-state index in [1.54, 1.807) is 11.8 Å². The van der Waals surface area contributed by atoms with Crippen molar-refractivity contribution in [3.63, 3.8) is 0 Å². The van der Waals surface area contributed by atoms with Gasteiger partial charge in [0.25, 0.3) is 0 Å². The van der Waals surface area contributed by atoms with Crippen molar-refractivity contribution in [1.29, 1.82) is 0 Å². The second-order valence-corrected chi connectivity index (χ2v) is 5.98. The van der Waals surface area contributed by atoms with Gasteiger partial charge in [0.1, 0.15) is 0 Å². The van der Waals surface area contributed by atoms with E-state index in [1.807, 2.05) is 11.0 Å². The molecule has 0 aromatic heterocycles. The number of hydrogen-bond acceptors (Lipinski definition) is 4. The molecule has 6 nitrogen and oxygen atoms in total. The van der Waals surface area contributed by atoms with E-state index in [0.717, 1.165) is 6.54 Å². The smallest absolute Gasteiger partial charge is 0.409 e. The summed E-state index contributed by atoms with van der Waals surface area (Å²) in [5.74, 6) is 0.134. The van der Waals surface area contributed by atoms with E-state index < -0.39 is 0 Å². The average molecular weight is 333 g/mol. The maximum Gasteiger partial charge on any atom is 0.409 e. The third kappa shape index (κ3) is 5.53. The zero-order chi connectivity index (χ0) is 17.4. The van der Waals surface area contributed by atoms with Crippen LogP contribution in [0.25, 0.3) is 0 Å². The molecule has 1 heterocycles. The van der Waals surface area contributed by atoms with Gasteiger partial charge < -0.3 is 19.9 Å². The SMILES string of the molecule is CCOC(=O)N1CCN(C(=O)CCNCc2cccc(C)c2)CC1. The lowest BCUT2D eigenvalue weighted by Crippen LogP contribution is -2.51. The van der Waals surface area contributed by atoms with Gasteiger partial charge in [-0.1, -0.05) is 29.8 Å². The highest BCUT2D eigenvalue weighted by Gasteiger charge is 2.24. The highest BCUT2D eigenvalue weighted by Crippen LogP contribution is 2.06. The van der Waals surface area contributed by atoms with Gasteiger partial charge >= 0.3 is 6.09 Å². The maximum absolute atomic E-state index is 12.2. The zero-order valence-corrected chi connectivity index (χ0v) is 14.6. The molecule has 6 heteroatoms. The van der Waals surface area contributed by atoms with Crippen LogP contribution in [0.1, 0.15) is 24.5 Å². The Kier molecular flexibility index (Phi) is 7.06. The molecule has 1 N–H and O–H groups in total. The molecule has 1 saturated heterocycles. The predicted octanol–water partition coefficient (Wildman–Crippen LogP) is 1.78. The minimum absolute atomic E-state index is 0.134. The van der Waals surface area contributed by atoms with Crippen LogP contribution in [0.2, 0.25) is 0 Å². The second kappa shape index (κ2) is 9.27. The molecule has 0 atom stereocenters. The molecule has 1 aromatic carbocycles. The first kappa shape index (κ1) is 18.3. The highest BCUT2D eigenvalue weighted by atomic mass is 16.6. The van der Waals surface area contributed by atoms with Crippen LogP contribution in [0.4, 0.5) is 4.79 Å². The van der Waals surface area contributed by atoms with Crippen molar-refractivity contribution >= 4 is 12.0 Å². The lowest BCUT2D eigenvalue weighted by atomic mass is 10.1. The summed E-state index contributed by atoms with van der Waals surface area (Å²) in [6, 6.07) is 8.34. The van der Waals surface area contributed by atoms with Gasteiger partial charge in [0.05, 0.1) is 6.61 Å². The molecular weight excluding hydrogens is 306 g/mol. The third-order valence-corrected chi connectivity index (χ3v) is 4.09. The van der Waals surface area contributed by atoms with Crippen LogP contribution >= 0.6 is 0 Å². The van der Waals surface area contributed by atoms with Crippen molar-refractivity contribution in [2.75, 3.05) is 39.3 Å². The van der Waals surface area contributed by atoms with Gasteiger partial charge in [-0.3, -0.25) is 4.79 Å². The largest absolute Gasteiger partial charge is 0.450 e. The number of amides is 2. The van der Waals surface area contributed by atoms with Gasteiger partial charge in [-0.2, -0.15) is 0 Å². The summed E-state index contributed by atoms with van der Waals surface area (Å²) in [6.07, 6.45) is 0.190. The van der Waals surface area contributed by atoms with Gasteiger partial charge in [0.2, 0.25) is 5.91 Å². The normalized spacial score (nSPS) is 14.6. The van der Waals surface area contributed by atoms with Gasteiger partial charge in [-0.05, 0) is 19.4 Å². The van der Waals surface area contributed by atoms with Crippen molar-refractivity contribution in [3.8, 4) is 0 Å². The lowest BCUT2D eigenvalue weighted by Gasteiger charge is -2.34. The van der Waals surface area contributed by atoms with Crippen LogP contribution in [0, 0.1) is 6.92 Å².